The molecule has 0 aliphatic heterocycles. The monoisotopic (exact) mass is 271 g/mol. The number of carbonyl (C=O) groups is 2. The number of hydrogen-bond acceptors (Lipinski definition) is 4. The van der Waals surface area contributed by atoms with E-state index in [0.29, 0.717) is 13.0 Å². The van der Waals surface area contributed by atoms with Gasteiger partial charge >= 0.3 is 6.09 Å². The predicted octanol–water partition coefficient (Wildman–Crippen LogP) is 2.29. The number of nitrogens with one attached hydrogen (secondary N) is 1. The van der Waals surface area contributed by atoms with Gasteiger partial charge in [-0.05, 0) is 33.6 Å². The maximum absolute atomic E-state index is 11.9. The van der Waals surface area contributed by atoms with Gasteiger partial charge in [-0.2, -0.15) is 0 Å². The second-order valence-electron chi connectivity index (χ2n) is 6.03. The maximum atomic E-state index is 11.9. The molecule has 0 aromatic heterocycles. The summed E-state index contributed by atoms with van der Waals surface area (Å²) in [6, 6.07) is -0.298. The average Bonchev–Trinajstić information content (AvgIpc) is 2.26. The van der Waals surface area contributed by atoms with Gasteiger partial charge in [0.15, 0.2) is 0 Å². The van der Waals surface area contributed by atoms with Crippen LogP contribution >= 0.6 is 0 Å². The van der Waals surface area contributed by atoms with Crippen LogP contribution in [0.25, 0.3) is 0 Å². The summed E-state index contributed by atoms with van der Waals surface area (Å²) in [6.45, 7) is 5.76. The second-order valence-corrected chi connectivity index (χ2v) is 6.03. The first-order valence-corrected chi connectivity index (χ1v) is 6.84. The summed E-state index contributed by atoms with van der Waals surface area (Å²) in [4.78, 5) is 23.7. The van der Waals surface area contributed by atoms with Crippen molar-refractivity contribution in [2.45, 2.75) is 58.1 Å². The van der Waals surface area contributed by atoms with E-state index in [0.717, 1.165) is 19.3 Å². The van der Waals surface area contributed by atoms with Gasteiger partial charge in [0.05, 0.1) is 12.6 Å². The van der Waals surface area contributed by atoms with Gasteiger partial charge < -0.3 is 14.8 Å². The van der Waals surface area contributed by atoms with Crippen LogP contribution in [-0.4, -0.2) is 37.2 Å². The number of ether oxygens (including phenoxy) is 2. The Morgan fingerprint density at radius 2 is 2.11 bits per heavy atom. The molecule has 0 radical (unpaired) electrons. The molecule has 2 atom stereocenters. The van der Waals surface area contributed by atoms with Crippen LogP contribution in [0.4, 0.5) is 4.79 Å². The van der Waals surface area contributed by atoms with Gasteiger partial charge in [-0.3, -0.25) is 4.79 Å². The molecule has 0 saturated heterocycles. The SMILES string of the molecule is COCC(NC(=O)OC(C)(C)C)C1CCCCC1=O. The summed E-state index contributed by atoms with van der Waals surface area (Å²) in [5.74, 6) is 0.0607. The molecule has 1 rings (SSSR count). The first-order valence-electron chi connectivity index (χ1n) is 6.84. The Morgan fingerprint density at radius 3 is 2.63 bits per heavy atom. The van der Waals surface area contributed by atoms with E-state index in [9.17, 15) is 9.59 Å². The number of alkyl carbamates (subject to hydrolysis) is 1. The van der Waals surface area contributed by atoms with Crippen molar-refractivity contribution in [1.82, 2.24) is 5.32 Å². The molecule has 2 unspecified atom stereocenters. The lowest BCUT2D eigenvalue weighted by molar-refractivity contribution is -0.126. The first-order chi connectivity index (χ1) is 8.83. The zero-order valence-electron chi connectivity index (χ0n) is 12.3. The second kappa shape index (κ2) is 6.89. The Balaban J connectivity index is 2.61. The average molecular weight is 271 g/mol. The minimum atomic E-state index is -0.543. The van der Waals surface area contributed by atoms with Gasteiger partial charge in [0.1, 0.15) is 11.4 Å². The van der Waals surface area contributed by atoms with Gasteiger partial charge in [0.25, 0.3) is 0 Å². The van der Waals surface area contributed by atoms with Crippen molar-refractivity contribution < 1.29 is 19.1 Å². The standard InChI is InChI=1S/C14H25NO4/c1-14(2,3)19-13(17)15-11(9-18-4)10-7-5-6-8-12(10)16/h10-11H,5-9H2,1-4H3,(H,15,17). The van der Waals surface area contributed by atoms with Crippen LogP contribution in [0.15, 0.2) is 0 Å². The third-order valence-corrected chi connectivity index (χ3v) is 3.14. The highest BCUT2D eigenvalue weighted by Gasteiger charge is 2.32. The molecule has 0 spiro atoms. The van der Waals surface area contributed by atoms with E-state index in [4.69, 9.17) is 9.47 Å². The van der Waals surface area contributed by atoms with Crippen LogP contribution in [0.2, 0.25) is 0 Å². The first kappa shape index (κ1) is 16.0. The van der Waals surface area contributed by atoms with Crippen LogP contribution in [0, 0.1) is 5.92 Å². The summed E-state index contributed by atoms with van der Waals surface area (Å²) in [6.07, 6.45) is 2.88. The summed E-state index contributed by atoms with van der Waals surface area (Å²) >= 11 is 0. The molecule has 0 heterocycles. The molecule has 0 bridgehead atoms. The fraction of sp³-hybridized carbons (Fsp3) is 0.857. The highest BCUT2D eigenvalue weighted by atomic mass is 16.6. The van der Waals surface area contributed by atoms with Crippen LogP contribution in [0.3, 0.4) is 0 Å². The number of Topliss-reactive ketones (excluding diaryl/α,β-unsaturated/α-hetero) is 1. The Hall–Kier alpha value is -1.10. The van der Waals surface area contributed by atoms with Crippen LogP contribution in [-0.2, 0) is 14.3 Å². The summed E-state index contributed by atoms with van der Waals surface area (Å²) < 4.78 is 10.3. The number of rotatable bonds is 4. The van der Waals surface area contributed by atoms with Crippen LogP contribution < -0.4 is 5.32 Å². The van der Waals surface area contributed by atoms with E-state index in [1.807, 2.05) is 20.8 Å². The minimum Gasteiger partial charge on any atom is -0.444 e. The fourth-order valence-corrected chi connectivity index (χ4v) is 2.33. The molecule has 5 heteroatoms. The zero-order valence-corrected chi connectivity index (χ0v) is 12.3. The van der Waals surface area contributed by atoms with E-state index in [1.54, 1.807) is 7.11 Å². The van der Waals surface area contributed by atoms with Crippen molar-refractivity contribution in [1.29, 1.82) is 0 Å². The Labute approximate surface area is 115 Å². The number of methoxy groups -OCH3 is 1. The Morgan fingerprint density at radius 1 is 1.42 bits per heavy atom. The number of carbonyl (C=O) groups excluding carboxylic acids is 2. The molecule has 5 nitrogen and oxygen atoms in total. The molecule has 1 aliphatic rings. The van der Waals surface area contributed by atoms with E-state index in [1.165, 1.54) is 0 Å². The molecular weight excluding hydrogens is 246 g/mol. The molecular formula is C14H25NO4. The molecule has 19 heavy (non-hydrogen) atoms. The topological polar surface area (TPSA) is 64.6 Å². The van der Waals surface area contributed by atoms with Crippen molar-refractivity contribution >= 4 is 11.9 Å². The highest BCUT2D eigenvalue weighted by molar-refractivity contribution is 5.83. The van der Waals surface area contributed by atoms with Crippen molar-refractivity contribution in [2.24, 2.45) is 5.92 Å². The van der Waals surface area contributed by atoms with Gasteiger partial charge in [-0.15, -0.1) is 0 Å². The number of ketones is 1. The summed E-state index contributed by atoms with van der Waals surface area (Å²) in [5, 5.41) is 2.77. The molecule has 1 aliphatic carbocycles. The highest BCUT2D eigenvalue weighted by Crippen LogP contribution is 2.24. The van der Waals surface area contributed by atoms with E-state index in [2.05, 4.69) is 5.32 Å². The third-order valence-electron chi connectivity index (χ3n) is 3.14. The lowest BCUT2D eigenvalue weighted by Gasteiger charge is -2.30. The largest absolute Gasteiger partial charge is 0.444 e. The zero-order chi connectivity index (χ0) is 14.5. The molecule has 1 fully saturated rings. The molecule has 1 amide bonds. The normalized spacial score (nSPS) is 21.9. The molecule has 1 N–H and O–H groups in total. The third kappa shape index (κ3) is 5.59. The van der Waals surface area contributed by atoms with E-state index >= 15 is 0 Å². The Kier molecular flexibility index (Phi) is 5.79. The lowest BCUT2D eigenvalue weighted by Crippen LogP contribution is -2.48. The summed E-state index contributed by atoms with van der Waals surface area (Å²) in [7, 11) is 1.57. The molecule has 0 aromatic rings. The predicted molar refractivity (Wildman–Crippen MR) is 72.0 cm³/mol. The molecule has 0 aromatic carbocycles. The quantitative estimate of drug-likeness (QED) is 0.852. The van der Waals surface area contributed by atoms with E-state index in [-0.39, 0.29) is 17.7 Å². The van der Waals surface area contributed by atoms with Gasteiger partial charge in [0.2, 0.25) is 0 Å². The summed E-state index contributed by atoms with van der Waals surface area (Å²) in [5.41, 5.74) is -0.543. The van der Waals surface area contributed by atoms with Gasteiger partial charge in [0, 0.05) is 19.4 Å². The van der Waals surface area contributed by atoms with Gasteiger partial charge in [-0.25, -0.2) is 4.79 Å². The van der Waals surface area contributed by atoms with Crippen molar-refractivity contribution in [3.63, 3.8) is 0 Å². The lowest BCUT2D eigenvalue weighted by atomic mass is 9.83. The van der Waals surface area contributed by atoms with E-state index < -0.39 is 11.7 Å². The van der Waals surface area contributed by atoms with Crippen molar-refractivity contribution in [3.8, 4) is 0 Å². The van der Waals surface area contributed by atoms with Crippen molar-refractivity contribution in [2.75, 3.05) is 13.7 Å². The number of hydrogen-bond donors (Lipinski definition) is 1. The smallest absolute Gasteiger partial charge is 0.407 e. The van der Waals surface area contributed by atoms with Crippen LogP contribution in [0.1, 0.15) is 46.5 Å². The van der Waals surface area contributed by atoms with Crippen LogP contribution in [0.5, 0.6) is 0 Å². The van der Waals surface area contributed by atoms with Crippen molar-refractivity contribution in [3.05, 3.63) is 0 Å². The molecule has 110 valence electrons. The fourth-order valence-electron chi connectivity index (χ4n) is 2.33. The minimum absolute atomic E-state index is 0.152. The maximum Gasteiger partial charge on any atom is 0.407 e. The van der Waals surface area contributed by atoms with Gasteiger partial charge in [-0.1, -0.05) is 6.42 Å². The number of amides is 1. The Bertz CT molecular complexity index is 322. The molecule has 1 saturated carbocycles.